The lowest BCUT2D eigenvalue weighted by molar-refractivity contribution is -0.140. The van der Waals surface area contributed by atoms with Crippen molar-refractivity contribution in [2.75, 3.05) is 24.6 Å². The van der Waals surface area contributed by atoms with Gasteiger partial charge >= 0.3 is 5.97 Å². The molecular formula is C14H19NO3. The first-order valence-electron chi connectivity index (χ1n) is 6.22. The number of aliphatic carboxylic acids is 1. The van der Waals surface area contributed by atoms with Gasteiger partial charge in [0.1, 0.15) is 0 Å². The minimum Gasteiger partial charge on any atom is -0.481 e. The van der Waals surface area contributed by atoms with Crippen molar-refractivity contribution in [2.24, 2.45) is 0 Å². The highest BCUT2D eigenvalue weighted by Crippen LogP contribution is 2.25. The molecule has 0 amide bonds. The molecule has 98 valence electrons. The van der Waals surface area contributed by atoms with Crippen molar-refractivity contribution in [3.63, 3.8) is 0 Å². The molecule has 1 aliphatic heterocycles. The highest BCUT2D eigenvalue weighted by Gasteiger charge is 2.23. The van der Waals surface area contributed by atoms with E-state index in [1.807, 2.05) is 6.07 Å². The topological polar surface area (TPSA) is 49.8 Å². The predicted octanol–water partition coefficient (Wildman–Crippen LogP) is 1.98. The van der Waals surface area contributed by atoms with Crippen LogP contribution in [0.25, 0.3) is 0 Å². The molecule has 2 rings (SSSR count). The zero-order chi connectivity index (χ0) is 13.1. The second-order valence-electron chi connectivity index (χ2n) is 4.76. The third kappa shape index (κ3) is 2.82. The fourth-order valence-electron chi connectivity index (χ4n) is 2.33. The molecule has 1 atom stereocenters. The van der Waals surface area contributed by atoms with Crippen LogP contribution in [0.15, 0.2) is 18.2 Å². The van der Waals surface area contributed by atoms with E-state index in [0.717, 1.165) is 6.54 Å². The van der Waals surface area contributed by atoms with Gasteiger partial charge in [0, 0.05) is 18.8 Å². The fourth-order valence-corrected chi connectivity index (χ4v) is 2.33. The summed E-state index contributed by atoms with van der Waals surface area (Å²) in [5, 5.41) is 8.82. The van der Waals surface area contributed by atoms with Crippen molar-refractivity contribution < 1.29 is 14.6 Å². The first-order valence-corrected chi connectivity index (χ1v) is 6.22. The average Bonchev–Trinajstić information content (AvgIpc) is 2.32. The van der Waals surface area contributed by atoms with E-state index in [9.17, 15) is 4.79 Å². The highest BCUT2D eigenvalue weighted by molar-refractivity contribution is 5.67. The molecule has 1 aliphatic rings. The molecule has 1 heterocycles. The van der Waals surface area contributed by atoms with E-state index in [4.69, 9.17) is 9.84 Å². The van der Waals surface area contributed by atoms with Crippen LogP contribution in [0.4, 0.5) is 5.69 Å². The van der Waals surface area contributed by atoms with Crippen molar-refractivity contribution in [1.29, 1.82) is 0 Å². The Bertz CT molecular complexity index is 445. The van der Waals surface area contributed by atoms with Gasteiger partial charge in [-0.3, -0.25) is 4.79 Å². The Labute approximate surface area is 107 Å². The van der Waals surface area contributed by atoms with Crippen LogP contribution in [-0.4, -0.2) is 36.9 Å². The number of hydrogen-bond donors (Lipinski definition) is 1. The standard InChI is InChI=1S/C14H19NO3/c1-10-4-3-5-13(11(10)2)15-6-7-18-12(9-15)8-14(16)17/h3-5,12H,6-9H2,1-2H3,(H,16,17). The summed E-state index contributed by atoms with van der Waals surface area (Å²) in [4.78, 5) is 13.0. The van der Waals surface area contributed by atoms with Crippen molar-refractivity contribution in [3.8, 4) is 0 Å². The molecule has 0 saturated carbocycles. The minimum absolute atomic E-state index is 0.0708. The van der Waals surface area contributed by atoms with Crippen LogP contribution in [0.2, 0.25) is 0 Å². The molecule has 4 nitrogen and oxygen atoms in total. The number of carbonyl (C=O) groups is 1. The highest BCUT2D eigenvalue weighted by atomic mass is 16.5. The Morgan fingerprint density at radius 1 is 1.50 bits per heavy atom. The quantitative estimate of drug-likeness (QED) is 0.890. The maximum atomic E-state index is 10.7. The Hall–Kier alpha value is -1.55. The summed E-state index contributed by atoms with van der Waals surface area (Å²) in [6, 6.07) is 6.22. The van der Waals surface area contributed by atoms with Crippen molar-refractivity contribution in [1.82, 2.24) is 0 Å². The van der Waals surface area contributed by atoms with E-state index in [1.165, 1.54) is 16.8 Å². The van der Waals surface area contributed by atoms with E-state index >= 15 is 0 Å². The van der Waals surface area contributed by atoms with Gasteiger partial charge in [0.2, 0.25) is 0 Å². The molecule has 1 fully saturated rings. The fraction of sp³-hybridized carbons (Fsp3) is 0.500. The van der Waals surface area contributed by atoms with Gasteiger partial charge in [-0.05, 0) is 31.0 Å². The van der Waals surface area contributed by atoms with Gasteiger partial charge in [0.25, 0.3) is 0 Å². The maximum absolute atomic E-state index is 10.7. The van der Waals surface area contributed by atoms with Gasteiger partial charge in [-0.15, -0.1) is 0 Å². The van der Waals surface area contributed by atoms with Crippen LogP contribution in [-0.2, 0) is 9.53 Å². The number of aryl methyl sites for hydroxylation is 1. The normalized spacial score (nSPS) is 19.9. The number of carboxylic acid groups (broad SMARTS) is 1. The third-order valence-corrected chi connectivity index (χ3v) is 3.46. The third-order valence-electron chi connectivity index (χ3n) is 3.46. The van der Waals surface area contributed by atoms with E-state index in [0.29, 0.717) is 13.2 Å². The summed E-state index contributed by atoms with van der Waals surface area (Å²) in [5.74, 6) is -0.803. The van der Waals surface area contributed by atoms with Gasteiger partial charge in [0.15, 0.2) is 0 Å². The molecular weight excluding hydrogens is 230 g/mol. The molecule has 4 heteroatoms. The number of benzene rings is 1. The van der Waals surface area contributed by atoms with E-state index in [-0.39, 0.29) is 12.5 Å². The maximum Gasteiger partial charge on any atom is 0.306 e. The van der Waals surface area contributed by atoms with Crippen LogP contribution in [0.5, 0.6) is 0 Å². The molecule has 1 N–H and O–H groups in total. The first kappa shape index (κ1) is 12.9. The summed E-state index contributed by atoms with van der Waals surface area (Å²) in [6.45, 7) is 6.25. The first-order chi connectivity index (χ1) is 8.58. The van der Waals surface area contributed by atoms with Crippen molar-refractivity contribution in [2.45, 2.75) is 26.4 Å². The molecule has 0 spiro atoms. The lowest BCUT2D eigenvalue weighted by atomic mass is 10.1. The van der Waals surface area contributed by atoms with E-state index in [1.54, 1.807) is 0 Å². The number of anilines is 1. The van der Waals surface area contributed by atoms with Gasteiger partial charge < -0.3 is 14.7 Å². The van der Waals surface area contributed by atoms with Gasteiger partial charge in [-0.2, -0.15) is 0 Å². The molecule has 0 aromatic heterocycles. The summed E-state index contributed by atoms with van der Waals surface area (Å²) in [6.07, 6.45) is -0.141. The minimum atomic E-state index is -0.803. The lowest BCUT2D eigenvalue weighted by Gasteiger charge is -2.35. The molecule has 1 aromatic rings. The van der Waals surface area contributed by atoms with E-state index < -0.39 is 5.97 Å². The lowest BCUT2D eigenvalue weighted by Crippen LogP contribution is -2.43. The smallest absolute Gasteiger partial charge is 0.306 e. The Kier molecular flexibility index (Phi) is 3.87. The summed E-state index contributed by atoms with van der Waals surface area (Å²) in [5.41, 5.74) is 3.70. The molecule has 0 aliphatic carbocycles. The number of rotatable bonds is 3. The SMILES string of the molecule is Cc1cccc(N2CCOC(CC(=O)O)C2)c1C. The zero-order valence-corrected chi connectivity index (χ0v) is 10.8. The van der Waals surface area contributed by atoms with Crippen LogP contribution in [0.3, 0.4) is 0 Å². The van der Waals surface area contributed by atoms with Crippen molar-refractivity contribution >= 4 is 11.7 Å². The van der Waals surface area contributed by atoms with Crippen LogP contribution < -0.4 is 4.90 Å². The number of nitrogens with zero attached hydrogens (tertiary/aromatic N) is 1. The van der Waals surface area contributed by atoms with Crippen LogP contribution in [0, 0.1) is 13.8 Å². The number of morpholine rings is 1. The largest absolute Gasteiger partial charge is 0.481 e. The average molecular weight is 249 g/mol. The predicted molar refractivity (Wildman–Crippen MR) is 70.1 cm³/mol. The molecule has 0 radical (unpaired) electrons. The van der Waals surface area contributed by atoms with Crippen molar-refractivity contribution in [3.05, 3.63) is 29.3 Å². The monoisotopic (exact) mass is 249 g/mol. The molecule has 1 unspecified atom stereocenters. The number of carboxylic acids is 1. The summed E-state index contributed by atoms with van der Waals surface area (Å²) < 4.78 is 5.49. The Morgan fingerprint density at radius 2 is 2.28 bits per heavy atom. The second-order valence-corrected chi connectivity index (χ2v) is 4.76. The van der Waals surface area contributed by atoms with Gasteiger partial charge in [-0.25, -0.2) is 0 Å². The molecule has 18 heavy (non-hydrogen) atoms. The Morgan fingerprint density at radius 3 is 3.00 bits per heavy atom. The number of ether oxygens (including phenoxy) is 1. The Balaban J connectivity index is 2.13. The van der Waals surface area contributed by atoms with Gasteiger partial charge in [-0.1, -0.05) is 12.1 Å². The van der Waals surface area contributed by atoms with Gasteiger partial charge in [0.05, 0.1) is 19.1 Å². The van der Waals surface area contributed by atoms with E-state index in [2.05, 4.69) is 30.9 Å². The van der Waals surface area contributed by atoms with Crippen LogP contribution >= 0.6 is 0 Å². The number of hydrogen-bond acceptors (Lipinski definition) is 3. The molecule has 1 saturated heterocycles. The second kappa shape index (κ2) is 5.40. The summed E-state index contributed by atoms with van der Waals surface area (Å²) >= 11 is 0. The van der Waals surface area contributed by atoms with Crippen LogP contribution in [0.1, 0.15) is 17.5 Å². The summed E-state index contributed by atoms with van der Waals surface area (Å²) in [7, 11) is 0. The molecule has 0 bridgehead atoms. The molecule has 1 aromatic carbocycles. The zero-order valence-electron chi connectivity index (χ0n) is 10.8.